The first kappa shape index (κ1) is 13.8. The molecule has 2 aromatic carbocycles. The SMILES string of the molecule is Cc1ccc(F)cc1S(=O)(=O)Nc1ccc(Cl)cc1. The van der Waals surface area contributed by atoms with Crippen molar-refractivity contribution in [2.45, 2.75) is 11.8 Å². The fourth-order valence-electron chi connectivity index (χ4n) is 1.59. The van der Waals surface area contributed by atoms with E-state index in [2.05, 4.69) is 4.72 Å². The molecule has 3 nitrogen and oxygen atoms in total. The van der Waals surface area contributed by atoms with Crippen LogP contribution in [0.3, 0.4) is 0 Å². The van der Waals surface area contributed by atoms with Crippen LogP contribution in [-0.4, -0.2) is 8.42 Å². The van der Waals surface area contributed by atoms with E-state index in [0.717, 1.165) is 6.07 Å². The van der Waals surface area contributed by atoms with Crippen LogP contribution in [0.4, 0.5) is 10.1 Å². The van der Waals surface area contributed by atoms with Gasteiger partial charge in [-0.15, -0.1) is 0 Å². The summed E-state index contributed by atoms with van der Waals surface area (Å²) < 4.78 is 39.8. The van der Waals surface area contributed by atoms with Crippen LogP contribution in [0.2, 0.25) is 5.02 Å². The number of benzene rings is 2. The molecule has 0 aromatic heterocycles. The zero-order valence-corrected chi connectivity index (χ0v) is 11.6. The molecule has 0 fully saturated rings. The van der Waals surface area contributed by atoms with Crippen molar-refractivity contribution in [3.8, 4) is 0 Å². The molecule has 2 rings (SSSR count). The summed E-state index contributed by atoms with van der Waals surface area (Å²) in [6, 6.07) is 9.84. The largest absolute Gasteiger partial charge is 0.280 e. The number of nitrogens with one attached hydrogen (secondary N) is 1. The third-order valence-corrected chi connectivity index (χ3v) is 4.31. The van der Waals surface area contributed by atoms with Crippen molar-refractivity contribution in [3.63, 3.8) is 0 Å². The van der Waals surface area contributed by atoms with Crippen LogP contribution in [0.15, 0.2) is 47.4 Å². The second kappa shape index (κ2) is 5.19. The number of hydrogen-bond donors (Lipinski definition) is 1. The number of aryl methyl sites for hydroxylation is 1. The Labute approximate surface area is 116 Å². The van der Waals surface area contributed by atoms with Crippen molar-refractivity contribution in [2.75, 3.05) is 4.72 Å². The van der Waals surface area contributed by atoms with Gasteiger partial charge in [-0.3, -0.25) is 4.72 Å². The summed E-state index contributed by atoms with van der Waals surface area (Å²) >= 11 is 5.72. The van der Waals surface area contributed by atoms with Gasteiger partial charge in [0.15, 0.2) is 0 Å². The van der Waals surface area contributed by atoms with Crippen molar-refractivity contribution >= 4 is 27.3 Å². The molecule has 0 aliphatic rings. The lowest BCUT2D eigenvalue weighted by molar-refractivity contribution is 0.594. The van der Waals surface area contributed by atoms with E-state index >= 15 is 0 Å². The maximum Gasteiger partial charge on any atom is 0.262 e. The van der Waals surface area contributed by atoms with E-state index in [1.165, 1.54) is 24.3 Å². The minimum absolute atomic E-state index is 0.0811. The van der Waals surface area contributed by atoms with Gasteiger partial charge in [-0.2, -0.15) is 0 Å². The van der Waals surface area contributed by atoms with Crippen LogP contribution in [-0.2, 0) is 10.0 Å². The van der Waals surface area contributed by atoms with Crippen LogP contribution in [0.5, 0.6) is 0 Å². The zero-order chi connectivity index (χ0) is 14.0. The van der Waals surface area contributed by atoms with Crippen LogP contribution in [0.25, 0.3) is 0 Å². The van der Waals surface area contributed by atoms with Crippen LogP contribution in [0.1, 0.15) is 5.56 Å². The molecule has 2 aromatic rings. The highest BCUT2D eigenvalue weighted by Crippen LogP contribution is 2.21. The monoisotopic (exact) mass is 299 g/mol. The Balaban J connectivity index is 2.37. The third-order valence-electron chi connectivity index (χ3n) is 2.54. The highest BCUT2D eigenvalue weighted by Gasteiger charge is 2.17. The summed E-state index contributed by atoms with van der Waals surface area (Å²) in [5.74, 6) is -0.595. The molecule has 0 saturated carbocycles. The molecule has 0 spiro atoms. The second-order valence-electron chi connectivity index (χ2n) is 4.02. The fraction of sp³-hybridized carbons (Fsp3) is 0.0769. The summed E-state index contributed by atoms with van der Waals surface area (Å²) in [4.78, 5) is -0.0811. The lowest BCUT2D eigenvalue weighted by atomic mass is 10.2. The summed E-state index contributed by atoms with van der Waals surface area (Å²) in [6.45, 7) is 1.61. The summed E-state index contributed by atoms with van der Waals surface area (Å²) in [5, 5.41) is 0.505. The van der Waals surface area contributed by atoms with Gasteiger partial charge in [0.25, 0.3) is 10.0 Å². The van der Waals surface area contributed by atoms with Crippen molar-refractivity contribution in [1.29, 1.82) is 0 Å². The van der Waals surface area contributed by atoms with Gasteiger partial charge < -0.3 is 0 Å². The number of sulfonamides is 1. The first-order chi connectivity index (χ1) is 8.88. The predicted octanol–water partition coefficient (Wildman–Crippen LogP) is 3.59. The molecule has 0 unspecified atom stereocenters. The fourth-order valence-corrected chi connectivity index (χ4v) is 3.03. The van der Waals surface area contributed by atoms with Gasteiger partial charge in [0.2, 0.25) is 0 Å². The van der Waals surface area contributed by atoms with E-state index in [0.29, 0.717) is 16.3 Å². The summed E-state index contributed by atoms with van der Waals surface area (Å²) in [6.07, 6.45) is 0. The number of rotatable bonds is 3. The van der Waals surface area contributed by atoms with E-state index < -0.39 is 15.8 Å². The number of hydrogen-bond acceptors (Lipinski definition) is 2. The minimum atomic E-state index is -3.81. The quantitative estimate of drug-likeness (QED) is 0.941. The van der Waals surface area contributed by atoms with Gasteiger partial charge in [0, 0.05) is 10.7 Å². The average molecular weight is 300 g/mol. The van der Waals surface area contributed by atoms with Gasteiger partial charge in [-0.25, -0.2) is 12.8 Å². The molecular weight excluding hydrogens is 289 g/mol. The van der Waals surface area contributed by atoms with Gasteiger partial charge in [0.05, 0.1) is 4.90 Å². The average Bonchev–Trinajstić information content (AvgIpc) is 2.35. The molecular formula is C13H11ClFNO2S. The maximum absolute atomic E-state index is 13.2. The smallest absolute Gasteiger partial charge is 0.262 e. The minimum Gasteiger partial charge on any atom is -0.280 e. The topological polar surface area (TPSA) is 46.2 Å². The number of anilines is 1. The van der Waals surface area contributed by atoms with E-state index in [9.17, 15) is 12.8 Å². The molecule has 0 atom stereocenters. The van der Waals surface area contributed by atoms with E-state index in [1.807, 2.05) is 0 Å². The highest BCUT2D eigenvalue weighted by molar-refractivity contribution is 7.92. The first-order valence-electron chi connectivity index (χ1n) is 5.43. The maximum atomic E-state index is 13.2. The molecule has 0 radical (unpaired) electrons. The second-order valence-corrected chi connectivity index (χ2v) is 6.11. The van der Waals surface area contributed by atoms with Crippen molar-refractivity contribution in [3.05, 3.63) is 58.9 Å². The lowest BCUT2D eigenvalue weighted by Gasteiger charge is -2.10. The van der Waals surface area contributed by atoms with Gasteiger partial charge in [-0.05, 0) is 48.9 Å². The third kappa shape index (κ3) is 3.24. The first-order valence-corrected chi connectivity index (χ1v) is 7.29. The van der Waals surface area contributed by atoms with E-state index in [4.69, 9.17) is 11.6 Å². The van der Waals surface area contributed by atoms with E-state index in [-0.39, 0.29) is 4.90 Å². The zero-order valence-electron chi connectivity index (χ0n) is 10.0. The highest BCUT2D eigenvalue weighted by atomic mass is 35.5. The Morgan fingerprint density at radius 1 is 1.11 bits per heavy atom. The molecule has 0 amide bonds. The number of halogens is 2. The normalized spacial score (nSPS) is 11.3. The molecule has 19 heavy (non-hydrogen) atoms. The van der Waals surface area contributed by atoms with E-state index in [1.54, 1.807) is 19.1 Å². The van der Waals surface area contributed by atoms with Crippen LogP contribution >= 0.6 is 11.6 Å². The molecule has 1 N–H and O–H groups in total. The summed E-state index contributed by atoms with van der Waals surface area (Å²) in [5.41, 5.74) is 0.843. The van der Waals surface area contributed by atoms with Crippen molar-refractivity contribution in [1.82, 2.24) is 0 Å². The Morgan fingerprint density at radius 3 is 2.37 bits per heavy atom. The Kier molecular flexibility index (Phi) is 3.78. The van der Waals surface area contributed by atoms with Crippen molar-refractivity contribution < 1.29 is 12.8 Å². The molecule has 0 saturated heterocycles. The van der Waals surface area contributed by atoms with Gasteiger partial charge in [0.1, 0.15) is 5.82 Å². The standard InChI is InChI=1S/C13H11ClFNO2S/c1-9-2-5-11(15)8-13(9)19(17,18)16-12-6-3-10(14)4-7-12/h2-8,16H,1H3. The molecule has 0 heterocycles. The van der Waals surface area contributed by atoms with Gasteiger partial charge in [-0.1, -0.05) is 17.7 Å². The van der Waals surface area contributed by atoms with Gasteiger partial charge >= 0.3 is 0 Å². The molecule has 0 aliphatic carbocycles. The van der Waals surface area contributed by atoms with Crippen molar-refractivity contribution in [2.24, 2.45) is 0 Å². The lowest BCUT2D eigenvalue weighted by Crippen LogP contribution is -2.14. The molecule has 0 bridgehead atoms. The molecule has 0 aliphatic heterocycles. The summed E-state index contributed by atoms with van der Waals surface area (Å²) in [7, 11) is -3.81. The predicted molar refractivity (Wildman–Crippen MR) is 73.4 cm³/mol. The Morgan fingerprint density at radius 2 is 1.74 bits per heavy atom. The Hall–Kier alpha value is -1.59. The van der Waals surface area contributed by atoms with Crippen LogP contribution < -0.4 is 4.72 Å². The molecule has 6 heteroatoms. The van der Waals surface area contributed by atoms with Crippen LogP contribution in [0, 0.1) is 12.7 Å². The Bertz CT molecular complexity index is 699. The molecule has 100 valence electrons.